The van der Waals surface area contributed by atoms with E-state index in [1.54, 1.807) is 18.2 Å². The van der Waals surface area contributed by atoms with Gasteiger partial charge in [0.05, 0.1) is 0 Å². The number of carbonyl (C=O) groups is 1. The Hall–Kier alpha value is -2.01. The Morgan fingerprint density at radius 3 is 2.86 bits per heavy atom. The molecule has 1 aliphatic heterocycles. The van der Waals surface area contributed by atoms with Crippen LogP contribution in [0.25, 0.3) is 11.0 Å². The molecule has 0 radical (unpaired) electrons. The smallest absolute Gasteiger partial charge is 0.287 e. The fourth-order valence-corrected chi connectivity index (χ4v) is 2.82. The second-order valence-corrected chi connectivity index (χ2v) is 5.59. The minimum atomic E-state index is -0.139. The summed E-state index contributed by atoms with van der Waals surface area (Å²) in [7, 11) is 0. The Kier molecular flexibility index (Phi) is 3.84. The van der Waals surface area contributed by atoms with Crippen molar-refractivity contribution in [2.75, 3.05) is 25.4 Å². The number of rotatable bonds is 3. The van der Waals surface area contributed by atoms with Gasteiger partial charge < -0.3 is 20.4 Å². The summed E-state index contributed by atoms with van der Waals surface area (Å²) in [5.74, 6) is 0.216. The van der Waals surface area contributed by atoms with Crippen LogP contribution in [0.15, 0.2) is 28.7 Å². The van der Waals surface area contributed by atoms with Gasteiger partial charge in [-0.1, -0.05) is 6.92 Å². The van der Waals surface area contributed by atoms with Gasteiger partial charge in [0.15, 0.2) is 5.76 Å². The maximum atomic E-state index is 12.3. The number of nitrogen functional groups attached to an aromatic ring is 1. The average Bonchev–Trinajstić information content (AvgIpc) is 2.91. The molecule has 3 rings (SSSR count). The Labute approximate surface area is 124 Å². The quantitative estimate of drug-likeness (QED) is 0.849. The van der Waals surface area contributed by atoms with E-state index in [-0.39, 0.29) is 11.9 Å². The second-order valence-electron chi connectivity index (χ2n) is 5.59. The number of piperidine rings is 1. The number of anilines is 1. The SMILES string of the molecule is CCN1CCC(NC(=O)c2cc3cc(N)ccc3o2)CC1. The zero-order valence-electron chi connectivity index (χ0n) is 12.3. The summed E-state index contributed by atoms with van der Waals surface area (Å²) in [4.78, 5) is 14.7. The van der Waals surface area contributed by atoms with Crippen LogP contribution >= 0.6 is 0 Å². The standard InChI is InChI=1S/C16H21N3O2/c1-2-19-7-5-13(6-8-19)18-16(20)15-10-11-9-12(17)3-4-14(11)21-15/h3-4,9-10,13H,2,5-8,17H2,1H3,(H,18,20). The van der Waals surface area contributed by atoms with Gasteiger partial charge in [0.2, 0.25) is 0 Å². The number of nitrogens with one attached hydrogen (secondary N) is 1. The van der Waals surface area contributed by atoms with Gasteiger partial charge in [-0.05, 0) is 43.7 Å². The van der Waals surface area contributed by atoms with Crippen molar-refractivity contribution >= 4 is 22.6 Å². The zero-order chi connectivity index (χ0) is 14.8. The van der Waals surface area contributed by atoms with Gasteiger partial charge in [-0.15, -0.1) is 0 Å². The van der Waals surface area contributed by atoms with Gasteiger partial charge in [0, 0.05) is 30.2 Å². The maximum Gasteiger partial charge on any atom is 0.287 e. The van der Waals surface area contributed by atoms with E-state index in [1.165, 1.54) is 0 Å². The molecular weight excluding hydrogens is 266 g/mol. The average molecular weight is 287 g/mol. The van der Waals surface area contributed by atoms with Gasteiger partial charge in [0.1, 0.15) is 5.58 Å². The van der Waals surface area contributed by atoms with Crippen molar-refractivity contribution < 1.29 is 9.21 Å². The van der Waals surface area contributed by atoms with Crippen LogP contribution in [0.3, 0.4) is 0 Å². The predicted octanol–water partition coefficient (Wildman–Crippen LogP) is 2.23. The summed E-state index contributed by atoms with van der Waals surface area (Å²) in [5.41, 5.74) is 7.10. The lowest BCUT2D eigenvalue weighted by molar-refractivity contribution is 0.0887. The van der Waals surface area contributed by atoms with Gasteiger partial charge >= 0.3 is 0 Å². The molecule has 0 unspecified atom stereocenters. The molecule has 0 saturated carbocycles. The lowest BCUT2D eigenvalue weighted by atomic mass is 10.1. The van der Waals surface area contributed by atoms with E-state index < -0.39 is 0 Å². The summed E-state index contributed by atoms with van der Waals surface area (Å²) < 4.78 is 5.59. The highest BCUT2D eigenvalue weighted by atomic mass is 16.3. The number of furan rings is 1. The molecular formula is C16H21N3O2. The van der Waals surface area contributed by atoms with Gasteiger partial charge in [-0.2, -0.15) is 0 Å². The van der Waals surface area contributed by atoms with Crippen LogP contribution in [0.4, 0.5) is 5.69 Å². The van der Waals surface area contributed by atoms with Crippen LogP contribution in [-0.2, 0) is 0 Å². The first-order valence-electron chi connectivity index (χ1n) is 7.48. The third-order valence-electron chi connectivity index (χ3n) is 4.13. The molecule has 21 heavy (non-hydrogen) atoms. The van der Waals surface area contributed by atoms with Crippen LogP contribution in [0.2, 0.25) is 0 Å². The predicted molar refractivity (Wildman–Crippen MR) is 83.2 cm³/mol. The highest BCUT2D eigenvalue weighted by molar-refractivity contribution is 5.96. The summed E-state index contributed by atoms with van der Waals surface area (Å²) in [6.45, 7) is 5.32. The topological polar surface area (TPSA) is 71.5 Å². The van der Waals surface area contributed by atoms with Crippen LogP contribution in [0.5, 0.6) is 0 Å². The number of likely N-dealkylation sites (tertiary alicyclic amines) is 1. The third-order valence-corrected chi connectivity index (χ3v) is 4.13. The summed E-state index contributed by atoms with van der Waals surface area (Å²) in [5, 5.41) is 3.93. The number of fused-ring (bicyclic) bond motifs is 1. The van der Waals surface area contributed by atoms with Crippen molar-refractivity contribution in [1.29, 1.82) is 0 Å². The molecule has 5 nitrogen and oxygen atoms in total. The Balaban J connectivity index is 1.67. The lowest BCUT2D eigenvalue weighted by Gasteiger charge is -2.31. The van der Waals surface area contributed by atoms with Gasteiger partial charge in [-0.25, -0.2) is 0 Å². The number of hydrogen-bond acceptors (Lipinski definition) is 4. The minimum absolute atomic E-state index is 0.139. The molecule has 1 aliphatic rings. The number of nitrogens with zero attached hydrogens (tertiary/aromatic N) is 1. The highest BCUT2D eigenvalue weighted by Crippen LogP contribution is 2.22. The van der Waals surface area contributed by atoms with Crippen molar-refractivity contribution in [3.05, 3.63) is 30.0 Å². The van der Waals surface area contributed by atoms with Crippen LogP contribution < -0.4 is 11.1 Å². The van der Waals surface area contributed by atoms with Crippen LogP contribution in [0, 0.1) is 0 Å². The molecule has 0 bridgehead atoms. The first-order valence-corrected chi connectivity index (χ1v) is 7.48. The molecule has 1 amide bonds. The summed E-state index contributed by atoms with van der Waals surface area (Å²) in [6, 6.07) is 7.37. The van der Waals surface area contributed by atoms with E-state index in [0.717, 1.165) is 37.9 Å². The zero-order valence-corrected chi connectivity index (χ0v) is 12.3. The van der Waals surface area contributed by atoms with E-state index in [0.29, 0.717) is 17.0 Å². The van der Waals surface area contributed by atoms with Crippen LogP contribution in [0.1, 0.15) is 30.3 Å². The second kappa shape index (κ2) is 5.77. The molecule has 2 heterocycles. The Morgan fingerprint density at radius 2 is 2.14 bits per heavy atom. The number of carbonyl (C=O) groups excluding carboxylic acids is 1. The van der Waals surface area contributed by atoms with E-state index in [1.807, 2.05) is 6.07 Å². The van der Waals surface area contributed by atoms with E-state index in [9.17, 15) is 4.79 Å². The fraction of sp³-hybridized carbons (Fsp3) is 0.438. The minimum Gasteiger partial charge on any atom is -0.451 e. The third kappa shape index (κ3) is 3.03. The van der Waals surface area contributed by atoms with Gasteiger partial charge in [-0.3, -0.25) is 4.79 Å². The number of hydrogen-bond donors (Lipinski definition) is 2. The molecule has 112 valence electrons. The normalized spacial score (nSPS) is 17.2. The molecule has 2 aromatic rings. The van der Waals surface area contributed by atoms with Crippen molar-refractivity contribution in [1.82, 2.24) is 10.2 Å². The first kappa shape index (κ1) is 13.9. The van der Waals surface area contributed by atoms with Crippen molar-refractivity contribution in [2.45, 2.75) is 25.8 Å². The molecule has 3 N–H and O–H groups in total. The highest BCUT2D eigenvalue weighted by Gasteiger charge is 2.21. The first-order chi connectivity index (χ1) is 10.2. The number of nitrogens with two attached hydrogens (primary N) is 1. The van der Waals surface area contributed by atoms with Crippen LogP contribution in [-0.4, -0.2) is 36.5 Å². The fourth-order valence-electron chi connectivity index (χ4n) is 2.82. The molecule has 1 aromatic carbocycles. The summed E-state index contributed by atoms with van der Waals surface area (Å²) in [6.07, 6.45) is 1.99. The molecule has 1 saturated heterocycles. The van der Waals surface area contributed by atoms with E-state index in [4.69, 9.17) is 10.2 Å². The van der Waals surface area contributed by atoms with Crippen molar-refractivity contribution in [3.63, 3.8) is 0 Å². The lowest BCUT2D eigenvalue weighted by Crippen LogP contribution is -2.44. The molecule has 0 aliphatic carbocycles. The molecule has 0 atom stereocenters. The largest absolute Gasteiger partial charge is 0.451 e. The van der Waals surface area contributed by atoms with Crippen molar-refractivity contribution in [2.24, 2.45) is 0 Å². The van der Waals surface area contributed by atoms with Crippen molar-refractivity contribution in [3.8, 4) is 0 Å². The molecule has 5 heteroatoms. The van der Waals surface area contributed by atoms with Gasteiger partial charge in [0.25, 0.3) is 5.91 Å². The molecule has 1 fully saturated rings. The van der Waals surface area contributed by atoms with E-state index >= 15 is 0 Å². The van der Waals surface area contributed by atoms with E-state index in [2.05, 4.69) is 17.1 Å². The Morgan fingerprint density at radius 1 is 1.38 bits per heavy atom. The Bertz CT molecular complexity index is 642. The maximum absolute atomic E-state index is 12.3. The monoisotopic (exact) mass is 287 g/mol. The number of amides is 1. The summed E-state index contributed by atoms with van der Waals surface area (Å²) >= 11 is 0. The number of benzene rings is 1. The molecule has 0 spiro atoms. The molecule has 1 aromatic heterocycles.